The highest BCUT2D eigenvalue weighted by molar-refractivity contribution is 8.18. The number of thioether (sulfide) groups is 1. The lowest BCUT2D eigenvalue weighted by molar-refractivity contribution is -0.127. The van der Waals surface area contributed by atoms with E-state index in [1.165, 1.54) is 0 Å². The molecule has 10 heteroatoms. The fourth-order valence-corrected chi connectivity index (χ4v) is 5.07. The van der Waals surface area contributed by atoms with Gasteiger partial charge in [0.15, 0.2) is 18.1 Å². The van der Waals surface area contributed by atoms with Gasteiger partial charge in [0.05, 0.1) is 11.5 Å². The molecule has 3 aromatic rings. The zero-order valence-electron chi connectivity index (χ0n) is 24.2. The van der Waals surface area contributed by atoms with Crippen LogP contribution in [0.3, 0.4) is 0 Å². The number of carbonyl (C=O) groups is 4. The molecular formula is C32H33N3O6S. The van der Waals surface area contributed by atoms with E-state index < -0.39 is 23.6 Å². The Hall–Kier alpha value is -4.57. The summed E-state index contributed by atoms with van der Waals surface area (Å²) >= 11 is 0.764. The lowest BCUT2D eigenvalue weighted by Crippen LogP contribution is -2.36. The fraction of sp³-hybridized carbons (Fsp3) is 0.250. The van der Waals surface area contributed by atoms with Crippen molar-refractivity contribution in [1.29, 1.82) is 0 Å². The lowest BCUT2D eigenvalue weighted by atomic mass is 10.1. The van der Waals surface area contributed by atoms with Gasteiger partial charge in [-0.25, -0.2) is 0 Å². The number of nitrogens with zero attached hydrogens (tertiary/aromatic N) is 1. The Morgan fingerprint density at radius 2 is 1.62 bits per heavy atom. The molecule has 2 N–H and O–H groups in total. The second kappa shape index (κ2) is 13.4. The number of hydrogen-bond donors (Lipinski definition) is 2. The highest BCUT2D eigenvalue weighted by Crippen LogP contribution is 2.35. The first-order chi connectivity index (χ1) is 20.0. The molecule has 0 aromatic heterocycles. The third-order valence-corrected chi connectivity index (χ3v) is 7.45. The van der Waals surface area contributed by atoms with Gasteiger partial charge in [-0.05, 0) is 105 Å². The van der Waals surface area contributed by atoms with E-state index in [1.807, 2.05) is 65.0 Å². The van der Waals surface area contributed by atoms with Crippen LogP contribution in [0, 0.1) is 27.7 Å². The number of imide groups is 1. The van der Waals surface area contributed by atoms with Crippen LogP contribution in [0.15, 0.2) is 59.5 Å². The molecule has 0 aliphatic carbocycles. The van der Waals surface area contributed by atoms with Crippen LogP contribution in [0.2, 0.25) is 0 Å². The third kappa shape index (κ3) is 7.58. The minimum atomic E-state index is -0.554. The summed E-state index contributed by atoms with van der Waals surface area (Å²) in [4.78, 5) is 51.8. The molecule has 0 radical (unpaired) electrons. The van der Waals surface area contributed by atoms with Crippen LogP contribution in [0.4, 0.5) is 16.2 Å². The maximum atomic E-state index is 13.0. The Morgan fingerprint density at radius 1 is 0.833 bits per heavy atom. The smallest absolute Gasteiger partial charge is 0.294 e. The van der Waals surface area contributed by atoms with Gasteiger partial charge in [-0.3, -0.25) is 24.1 Å². The predicted molar refractivity (Wildman–Crippen MR) is 165 cm³/mol. The van der Waals surface area contributed by atoms with E-state index in [-0.39, 0.29) is 17.4 Å². The average molecular weight is 588 g/mol. The predicted octanol–water partition coefficient (Wildman–Crippen LogP) is 6.01. The van der Waals surface area contributed by atoms with Gasteiger partial charge in [-0.2, -0.15) is 0 Å². The van der Waals surface area contributed by atoms with Gasteiger partial charge in [-0.1, -0.05) is 29.8 Å². The van der Waals surface area contributed by atoms with Crippen molar-refractivity contribution in [2.24, 2.45) is 0 Å². The zero-order valence-corrected chi connectivity index (χ0v) is 25.0. The molecule has 9 nitrogen and oxygen atoms in total. The fourth-order valence-electron chi connectivity index (χ4n) is 4.24. The summed E-state index contributed by atoms with van der Waals surface area (Å²) in [6, 6.07) is 16.3. The van der Waals surface area contributed by atoms with E-state index >= 15 is 0 Å². The Bertz CT molecular complexity index is 1580. The largest absolute Gasteiger partial charge is 0.490 e. The van der Waals surface area contributed by atoms with Gasteiger partial charge in [-0.15, -0.1) is 0 Å². The summed E-state index contributed by atoms with van der Waals surface area (Å²) in [6.07, 6.45) is 1.56. The van der Waals surface area contributed by atoms with Crippen LogP contribution in [-0.4, -0.2) is 47.6 Å². The SMILES string of the molecule is CCOc1cc(/C=C2/SC(=O)N(CC(=O)Nc3ccc(C)cc3C)C2=O)ccc1OCC(=O)Nc1ccc(C)c(C)c1. The molecule has 42 heavy (non-hydrogen) atoms. The molecule has 0 unspecified atom stereocenters. The Morgan fingerprint density at radius 3 is 2.33 bits per heavy atom. The molecule has 1 aliphatic rings. The highest BCUT2D eigenvalue weighted by Gasteiger charge is 2.36. The molecule has 0 atom stereocenters. The summed E-state index contributed by atoms with van der Waals surface area (Å²) in [5, 5.41) is 5.05. The van der Waals surface area contributed by atoms with Gasteiger partial charge in [0, 0.05) is 11.4 Å². The standard InChI is InChI=1S/C32H33N3O6S/c1-6-40-27-15-23(9-12-26(27)41-18-30(37)33-24-10-8-20(3)21(4)14-24)16-28-31(38)35(32(39)42-28)17-29(36)34-25-11-7-19(2)13-22(25)5/h7-16H,6,17-18H2,1-5H3,(H,33,37)(H,34,36)/b28-16+. The van der Waals surface area contributed by atoms with E-state index in [9.17, 15) is 19.2 Å². The van der Waals surface area contributed by atoms with Crippen molar-refractivity contribution in [3.05, 3.63) is 87.3 Å². The number of nitrogens with one attached hydrogen (secondary N) is 2. The van der Waals surface area contributed by atoms with Crippen molar-refractivity contribution in [2.75, 3.05) is 30.4 Å². The molecule has 1 fully saturated rings. The van der Waals surface area contributed by atoms with Crippen LogP contribution >= 0.6 is 11.8 Å². The molecule has 4 rings (SSSR count). The quantitative estimate of drug-likeness (QED) is 0.279. The van der Waals surface area contributed by atoms with Crippen LogP contribution in [-0.2, 0) is 14.4 Å². The molecule has 3 aromatic carbocycles. The van der Waals surface area contributed by atoms with Gasteiger partial charge in [0.1, 0.15) is 6.54 Å². The summed E-state index contributed by atoms with van der Waals surface area (Å²) in [5.74, 6) is -0.591. The number of rotatable bonds is 10. The second-order valence-electron chi connectivity index (χ2n) is 9.91. The highest BCUT2D eigenvalue weighted by atomic mass is 32.2. The van der Waals surface area contributed by atoms with Gasteiger partial charge in [0.25, 0.3) is 17.1 Å². The number of benzene rings is 3. The number of carbonyl (C=O) groups excluding carboxylic acids is 4. The van der Waals surface area contributed by atoms with Crippen LogP contribution in [0.1, 0.15) is 34.7 Å². The average Bonchev–Trinajstić information content (AvgIpc) is 3.19. The Kier molecular flexibility index (Phi) is 9.69. The summed E-state index contributed by atoms with van der Waals surface area (Å²) in [6.45, 7) is 9.35. The molecule has 4 amide bonds. The normalized spacial score (nSPS) is 13.8. The van der Waals surface area contributed by atoms with E-state index in [0.717, 1.165) is 38.9 Å². The molecular weight excluding hydrogens is 554 g/mol. The van der Waals surface area contributed by atoms with Crippen molar-refractivity contribution in [2.45, 2.75) is 34.6 Å². The molecule has 1 heterocycles. The molecule has 0 saturated carbocycles. The van der Waals surface area contributed by atoms with Gasteiger partial charge < -0.3 is 20.1 Å². The van der Waals surface area contributed by atoms with Crippen molar-refractivity contribution >= 4 is 52.2 Å². The van der Waals surface area contributed by atoms with Gasteiger partial charge in [0.2, 0.25) is 5.91 Å². The summed E-state index contributed by atoms with van der Waals surface area (Å²) in [5.41, 5.74) is 6.06. The summed E-state index contributed by atoms with van der Waals surface area (Å²) < 4.78 is 11.4. The van der Waals surface area contributed by atoms with E-state index in [0.29, 0.717) is 35.0 Å². The molecule has 1 saturated heterocycles. The van der Waals surface area contributed by atoms with Crippen LogP contribution in [0.25, 0.3) is 6.08 Å². The van der Waals surface area contributed by atoms with E-state index in [2.05, 4.69) is 10.6 Å². The lowest BCUT2D eigenvalue weighted by Gasteiger charge is -2.14. The number of aryl methyl sites for hydroxylation is 4. The maximum absolute atomic E-state index is 13.0. The van der Waals surface area contributed by atoms with Crippen molar-refractivity contribution < 1.29 is 28.7 Å². The monoisotopic (exact) mass is 587 g/mol. The zero-order chi connectivity index (χ0) is 30.4. The minimum absolute atomic E-state index is 0.184. The summed E-state index contributed by atoms with van der Waals surface area (Å²) in [7, 11) is 0. The maximum Gasteiger partial charge on any atom is 0.294 e. The Balaban J connectivity index is 1.40. The first-order valence-corrected chi connectivity index (χ1v) is 14.2. The van der Waals surface area contributed by atoms with Crippen molar-refractivity contribution in [3.63, 3.8) is 0 Å². The third-order valence-electron chi connectivity index (χ3n) is 6.55. The van der Waals surface area contributed by atoms with Gasteiger partial charge >= 0.3 is 0 Å². The number of anilines is 2. The molecule has 218 valence electrons. The molecule has 1 aliphatic heterocycles. The van der Waals surface area contributed by atoms with Crippen molar-refractivity contribution in [3.8, 4) is 11.5 Å². The number of ether oxygens (including phenoxy) is 2. The van der Waals surface area contributed by atoms with E-state index in [4.69, 9.17) is 9.47 Å². The minimum Gasteiger partial charge on any atom is -0.490 e. The topological polar surface area (TPSA) is 114 Å². The number of amides is 4. The second-order valence-corrected chi connectivity index (χ2v) is 10.9. The Labute approximate surface area is 249 Å². The van der Waals surface area contributed by atoms with E-state index in [1.54, 1.807) is 30.3 Å². The van der Waals surface area contributed by atoms with Crippen LogP contribution in [0.5, 0.6) is 11.5 Å². The first-order valence-electron chi connectivity index (χ1n) is 13.4. The van der Waals surface area contributed by atoms with Crippen molar-refractivity contribution in [1.82, 2.24) is 4.90 Å². The molecule has 0 bridgehead atoms. The van der Waals surface area contributed by atoms with Crippen LogP contribution < -0.4 is 20.1 Å². The number of hydrogen-bond acceptors (Lipinski definition) is 7. The molecule has 0 spiro atoms. The first kappa shape index (κ1) is 30.4.